The Hall–Kier alpha value is -0.740. The molecule has 0 amide bonds. The van der Waals surface area contributed by atoms with Gasteiger partial charge in [-0.1, -0.05) is 0 Å². The van der Waals surface area contributed by atoms with Crippen LogP contribution in [-0.4, -0.2) is 53.4 Å². The zero-order valence-corrected chi connectivity index (χ0v) is 14.7. The van der Waals surface area contributed by atoms with E-state index in [1.807, 2.05) is 11.8 Å². The summed E-state index contributed by atoms with van der Waals surface area (Å²) < 4.78 is 39.0. The van der Waals surface area contributed by atoms with E-state index in [1.54, 1.807) is 12.1 Å². The van der Waals surface area contributed by atoms with Crippen molar-refractivity contribution in [1.82, 2.24) is 0 Å². The standard InChI is InChI=1S/C15H17F3N2O.Na/c1-2-20(11-5-6-13(21)7-11)12-4-3-10(9-19)14(8-12)15(16,17)18;/h3-4,8,11,13,21H,2,5-7H2,1H3;. The molecule has 1 aromatic rings. The maximum Gasteiger partial charge on any atom is 0.417 e. The Kier molecular flexibility index (Phi) is 6.75. The molecule has 0 saturated heterocycles. The number of hydrogen-bond acceptors (Lipinski definition) is 3. The van der Waals surface area contributed by atoms with E-state index in [2.05, 4.69) is 0 Å². The fraction of sp³-hybridized carbons (Fsp3) is 0.533. The molecule has 1 radical (unpaired) electrons. The second-order valence-corrected chi connectivity index (χ2v) is 5.25. The molecule has 0 heterocycles. The Balaban J connectivity index is 0.00000242. The molecule has 115 valence electrons. The molecule has 0 bridgehead atoms. The number of rotatable bonds is 3. The van der Waals surface area contributed by atoms with Crippen molar-refractivity contribution in [3.63, 3.8) is 0 Å². The first-order valence-electron chi connectivity index (χ1n) is 6.92. The predicted molar refractivity (Wildman–Crippen MR) is 78.6 cm³/mol. The van der Waals surface area contributed by atoms with Crippen LogP contribution in [0.2, 0.25) is 0 Å². The largest absolute Gasteiger partial charge is 0.417 e. The van der Waals surface area contributed by atoms with Gasteiger partial charge in [0.25, 0.3) is 0 Å². The summed E-state index contributed by atoms with van der Waals surface area (Å²) in [6, 6.07) is 5.42. The number of nitrogens with zero attached hydrogens (tertiary/aromatic N) is 2. The van der Waals surface area contributed by atoms with E-state index in [0.29, 0.717) is 25.1 Å². The monoisotopic (exact) mass is 321 g/mol. The summed E-state index contributed by atoms with van der Waals surface area (Å²) in [6.07, 6.45) is -2.94. The number of aliphatic hydroxyl groups is 1. The van der Waals surface area contributed by atoms with Gasteiger partial charge in [0.05, 0.1) is 23.3 Å². The number of aliphatic hydroxyl groups excluding tert-OH is 1. The van der Waals surface area contributed by atoms with Crippen molar-refractivity contribution >= 4 is 35.2 Å². The molecular weight excluding hydrogens is 304 g/mol. The number of halogens is 3. The number of benzene rings is 1. The zero-order valence-electron chi connectivity index (χ0n) is 12.7. The summed E-state index contributed by atoms with van der Waals surface area (Å²) in [6.45, 7) is 2.43. The first-order valence-corrected chi connectivity index (χ1v) is 6.92. The van der Waals surface area contributed by atoms with Crippen LogP contribution in [0.1, 0.15) is 37.3 Å². The normalized spacial score (nSPS) is 21.1. The molecule has 1 aliphatic rings. The van der Waals surface area contributed by atoms with Crippen LogP contribution in [0.4, 0.5) is 18.9 Å². The van der Waals surface area contributed by atoms with Gasteiger partial charge in [0, 0.05) is 47.8 Å². The molecule has 0 aliphatic heterocycles. The van der Waals surface area contributed by atoms with Crippen LogP contribution in [0.5, 0.6) is 0 Å². The van der Waals surface area contributed by atoms with Gasteiger partial charge in [-0.2, -0.15) is 18.4 Å². The Morgan fingerprint density at radius 2 is 2.05 bits per heavy atom. The summed E-state index contributed by atoms with van der Waals surface area (Å²) in [7, 11) is 0. The zero-order chi connectivity index (χ0) is 15.6. The SMILES string of the molecule is CCN(c1ccc(C#N)c(C(F)(F)F)c1)C1CCC(O)C1.[Na]. The average molecular weight is 321 g/mol. The van der Waals surface area contributed by atoms with Gasteiger partial charge in [-0.05, 0) is 44.4 Å². The molecule has 1 aromatic carbocycles. The van der Waals surface area contributed by atoms with Gasteiger partial charge in [0.2, 0.25) is 0 Å². The van der Waals surface area contributed by atoms with Crippen molar-refractivity contribution in [2.45, 2.75) is 44.5 Å². The maximum atomic E-state index is 13.0. The first-order chi connectivity index (χ1) is 9.86. The molecular formula is C15H17F3N2NaO. The Labute approximate surface area is 150 Å². The summed E-state index contributed by atoms with van der Waals surface area (Å²) in [5.74, 6) is 0. The fourth-order valence-electron chi connectivity index (χ4n) is 2.91. The number of nitriles is 1. The van der Waals surface area contributed by atoms with Crippen LogP contribution in [0.25, 0.3) is 0 Å². The second kappa shape index (κ2) is 7.69. The topological polar surface area (TPSA) is 47.3 Å². The first kappa shape index (κ1) is 19.3. The van der Waals surface area contributed by atoms with E-state index in [4.69, 9.17) is 5.26 Å². The fourth-order valence-corrected chi connectivity index (χ4v) is 2.91. The molecule has 2 atom stereocenters. The van der Waals surface area contributed by atoms with Gasteiger partial charge in [0.15, 0.2) is 0 Å². The van der Waals surface area contributed by atoms with Crippen LogP contribution in [0.3, 0.4) is 0 Å². The molecule has 7 heteroatoms. The smallest absolute Gasteiger partial charge is 0.393 e. The van der Waals surface area contributed by atoms with E-state index in [9.17, 15) is 18.3 Å². The Morgan fingerprint density at radius 3 is 2.50 bits per heavy atom. The molecule has 3 nitrogen and oxygen atoms in total. The molecule has 1 saturated carbocycles. The van der Waals surface area contributed by atoms with Gasteiger partial charge in [-0.15, -0.1) is 0 Å². The van der Waals surface area contributed by atoms with E-state index >= 15 is 0 Å². The minimum atomic E-state index is -4.55. The van der Waals surface area contributed by atoms with Crippen molar-refractivity contribution in [2.24, 2.45) is 0 Å². The molecule has 0 aromatic heterocycles. The maximum absolute atomic E-state index is 13.0. The summed E-state index contributed by atoms with van der Waals surface area (Å²) in [5, 5.41) is 18.4. The Bertz CT molecular complexity index is 557. The molecule has 0 spiro atoms. The van der Waals surface area contributed by atoms with E-state index < -0.39 is 11.7 Å². The van der Waals surface area contributed by atoms with Crippen LogP contribution >= 0.6 is 0 Å². The van der Waals surface area contributed by atoms with Gasteiger partial charge in [0.1, 0.15) is 0 Å². The van der Waals surface area contributed by atoms with E-state index in [1.165, 1.54) is 6.07 Å². The van der Waals surface area contributed by atoms with Gasteiger partial charge >= 0.3 is 6.18 Å². The van der Waals surface area contributed by atoms with Gasteiger partial charge in [-0.25, -0.2) is 0 Å². The van der Waals surface area contributed by atoms with Crippen LogP contribution in [0, 0.1) is 11.3 Å². The number of alkyl halides is 3. The minimum Gasteiger partial charge on any atom is -0.393 e. The summed E-state index contributed by atoms with van der Waals surface area (Å²) in [5.41, 5.74) is -0.823. The van der Waals surface area contributed by atoms with Crippen LogP contribution in [0.15, 0.2) is 18.2 Å². The molecule has 1 aliphatic carbocycles. The molecule has 1 N–H and O–H groups in total. The summed E-state index contributed by atoms with van der Waals surface area (Å²) >= 11 is 0. The van der Waals surface area contributed by atoms with Crippen LogP contribution in [-0.2, 0) is 6.18 Å². The van der Waals surface area contributed by atoms with Crippen molar-refractivity contribution in [2.75, 3.05) is 11.4 Å². The second-order valence-electron chi connectivity index (χ2n) is 5.25. The van der Waals surface area contributed by atoms with Crippen molar-refractivity contribution < 1.29 is 18.3 Å². The Morgan fingerprint density at radius 1 is 1.36 bits per heavy atom. The van der Waals surface area contributed by atoms with E-state index in [0.717, 1.165) is 12.5 Å². The number of anilines is 1. The van der Waals surface area contributed by atoms with Crippen LogP contribution < -0.4 is 4.90 Å². The molecule has 2 unspecified atom stereocenters. The molecule has 2 rings (SSSR count). The van der Waals surface area contributed by atoms with Crippen molar-refractivity contribution in [1.29, 1.82) is 5.26 Å². The third-order valence-corrected chi connectivity index (χ3v) is 3.92. The quantitative estimate of drug-likeness (QED) is 0.871. The molecule has 22 heavy (non-hydrogen) atoms. The summed E-state index contributed by atoms with van der Waals surface area (Å²) in [4.78, 5) is 1.87. The van der Waals surface area contributed by atoms with E-state index in [-0.39, 0.29) is 47.3 Å². The van der Waals surface area contributed by atoms with Gasteiger partial charge in [-0.3, -0.25) is 0 Å². The van der Waals surface area contributed by atoms with Crippen molar-refractivity contribution in [3.05, 3.63) is 29.3 Å². The van der Waals surface area contributed by atoms with Gasteiger partial charge < -0.3 is 10.0 Å². The molecule has 1 fully saturated rings. The third-order valence-electron chi connectivity index (χ3n) is 3.92. The van der Waals surface area contributed by atoms with Crippen molar-refractivity contribution in [3.8, 4) is 6.07 Å². The number of hydrogen-bond donors (Lipinski definition) is 1. The minimum absolute atomic E-state index is 0. The predicted octanol–water partition coefficient (Wildman–Crippen LogP) is 2.94. The average Bonchev–Trinajstić information content (AvgIpc) is 2.85. The third kappa shape index (κ3) is 4.17.